The molecule has 0 aliphatic carbocycles. The van der Waals surface area contributed by atoms with Crippen molar-refractivity contribution in [3.8, 4) is 0 Å². The third-order valence-corrected chi connectivity index (χ3v) is 10.6. The summed E-state index contributed by atoms with van der Waals surface area (Å²) < 4.78 is 57.5. The van der Waals surface area contributed by atoms with Crippen LogP contribution >= 0.6 is 0 Å². The van der Waals surface area contributed by atoms with Crippen molar-refractivity contribution in [2.75, 3.05) is 11.9 Å². The number of amides is 1. The first kappa shape index (κ1) is 27.0. The topological polar surface area (TPSA) is 140 Å². The van der Waals surface area contributed by atoms with Crippen molar-refractivity contribution < 1.29 is 26.0 Å². The van der Waals surface area contributed by atoms with Gasteiger partial charge in [0.2, 0.25) is 15.9 Å². The lowest BCUT2D eigenvalue weighted by Crippen LogP contribution is -2.41. The van der Waals surface area contributed by atoms with E-state index in [0.717, 1.165) is 24.8 Å². The fourth-order valence-electron chi connectivity index (χ4n) is 4.13. The highest BCUT2D eigenvalue weighted by Crippen LogP contribution is 2.25. The van der Waals surface area contributed by atoms with Crippen LogP contribution in [-0.2, 0) is 26.3 Å². The number of piperidine rings is 1. The van der Waals surface area contributed by atoms with E-state index >= 15 is 0 Å². The number of rotatable bonds is 8. The quantitative estimate of drug-likeness (QED) is 0.452. The standard InChI is InChI=1S/C25H30N4O6S2/c1-17(2)36(31,32)21-11-7-19(8-12-21)16-23-27-28-25(35-23)26-24(30)20-9-13-22(14-10-20)37(33,34)29-15-5-4-6-18(29)3/h7-14,17-18H,4-6,15-16H2,1-3H3,(H,26,28,30). The van der Waals surface area contributed by atoms with E-state index in [4.69, 9.17) is 4.42 Å². The average Bonchev–Trinajstić information content (AvgIpc) is 3.31. The van der Waals surface area contributed by atoms with Crippen LogP contribution in [0.1, 0.15) is 61.8 Å². The Balaban J connectivity index is 1.39. The van der Waals surface area contributed by atoms with Gasteiger partial charge in [-0.15, -0.1) is 5.10 Å². The van der Waals surface area contributed by atoms with Gasteiger partial charge in [0.15, 0.2) is 9.84 Å². The van der Waals surface area contributed by atoms with E-state index < -0.39 is 31.0 Å². The first-order valence-corrected chi connectivity index (χ1v) is 15.1. The van der Waals surface area contributed by atoms with Crippen LogP contribution in [0.15, 0.2) is 62.7 Å². The van der Waals surface area contributed by atoms with Gasteiger partial charge in [-0.25, -0.2) is 16.8 Å². The van der Waals surface area contributed by atoms with Gasteiger partial charge in [0.1, 0.15) is 0 Å². The minimum Gasteiger partial charge on any atom is -0.407 e. The van der Waals surface area contributed by atoms with E-state index in [2.05, 4.69) is 15.5 Å². The van der Waals surface area contributed by atoms with Gasteiger partial charge >= 0.3 is 6.01 Å². The summed E-state index contributed by atoms with van der Waals surface area (Å²) in [5.41, 5.74) is 1.01. The highest BCUT2D eigenvalue weighted by Gasteiger charge is 2.31. The number of anilines is 1. The number of benzene rings is 2. The number of carbonyl (C=O) groups excluding carboxylic acids is 1. The van der Waals surface area contributed by atoms with Gasteiger partial charge in [0, 0.05) is 18.2 Å². The largest absolute Gasteiger partial charge is 0.407 e. The number of sulfonamides is 1. The van der Waals surface area contributed by atoms with Crippen molar-refractivity contribution in [3.63, 3.8) is 0 Å². The van der Waals surface area contributed by atoms with Gasteiger partial charge < -0.3 is 4.42 Å². The number of nitrogens with zero attached hydrogens (tertiary/aromatic N) is 3. The van der Waals surface area contributed by atoms with Gasteiger partial charge in [-0.05, 0) is 75.6 Å². The second-order valence-electron chi connectivity index (χ2n) is 9.35. The molecule has 1 fully saturated rings. The Labute approximate surface area is 217 Å². The van der Waals surface area contributed by atoms with Gasteiger partial charge in [-0.2, -0.15) is 4.31 Å². The molecule has 1 N–H and O–H groups in total. The molecule has 1 atom stereocenters. The zero-order chi connectivity index (χ0) is 26.8. The first-order valence-electron chi connectivity index (χ1n) is 12.1. The van der Waals surface area contributed by atoms with Crippen LogP contribution in [0, 0.1) is 0 Å². The maximum Gasteiger partial charge on any atom is 0.322 e. The van der Waals surface area contributed by atoms with E-state index in [-0.39, 0.29) is 39.7 Å². The Morgan fingerprint density at radius 1 is 1.00 bits per heavy atom. The molecule has 0 saturated carbocycles. The Hall–Kier alpha value is -3.09. The molecular formula is C25H30N4O6S2. The molecule has 1 aliphatic heterocycles. The molecule has 198 valence electrons. The molecule has 1 unspecified atom stereocenters. The van der Waals surface area contributed by atoms with Gasteiger partial charge in [-0.3, -0.25) is 10.1 Å². The number of aromatic nitrogens is 2. The molecule has 37 heavy (non-hydrogen) atoms. The summed E-state index contributed by atoms with van der Waals surface area (Å²) in [6.07, 6.45) is 2.93. The van der Waals surface area contributed by atoms with Crippen LogP contribution in [-0.4, -0.2) is 55.1 Å². The molecule has 3 aromatic rings. The molecule has 0 bridgehead atoms. The number of sulfone groups is 1. The molecule has 4 rings (SSSR count). The van der Waals surface area contributed by atoms with Crippen molar-refractivity contribution >= 4 is 31.8 Å². The first-order chi connectivity index (χ1) is 17.5. The number of hydrogen-bond donors (Lipinski definition) is 1. The molecule has 12 heteroatoms. The van der Waals surface area contributed by atoms with Gasteiger partial charge in [-0.1, -0.05) is 23.7 Å². The second-order valence-corrected chi connectivity index (χ2v) is 13.7. The third kappa shape index (κ3) is 5.91. The summed E-state index contributed by atoms with van der Waals surface area (Å²) >= 11 is 0. The van der Waals surface area contributed by atoms with Crippen LogP contribution in [0.25, 0.3) is 0 Å². The average molecular weight is 547 g/mol. The third-order valence-electron chi connectivity index (χ3n) is 6.38. The summed E-state index contributed by atoms with van der Waals surface area (Å²) in [7, 11) is -6.98. The molecule has 1 saturated heterocycles. The lowest BCUT2D eigenvalue weighted by Gasteiger charge is -2.32. The number of nitrogens with one attached hydrogen (secondary N) is 1. The summed E-state index contributed by atoms with van der Waals surface area (Å²) in [6, 6.07) is 12.0. The highest BCUT2D eigenvalue weighted by atomic mass is 32.2. The predicted octanol–water partition coefficient (Wildman–Crippen LogP) is 3.66. The second kappa shape index (κ2) is 10.7. The fraction of sp³-hybridized carbons (Fsp3) is 0.400. The fourth-order valence-corrected chi connectivity index (χ4v) is 6.89. The molecule has 1 aromatic heterocycles. The Kier molecular flexibility index (Phi) is 7.81. The van der Waals surface area contributed by atoms with Crippen molar-refractivity contribution in [3.05, 3.63) is 65.5 Å². The van der Waals surface area contributed by atoms with Crippen LogP contribution in [0.3, 0.4) is 0 Å². The molecule has 2 aromatic carbocycles. The summed E-state index contributed by atoms with van der Waals surface area (Å²) in [5, 5.41) is 9.77. The molecule has 0 radical (unpaired) electrons. The monoisotopic (exact) mass is 546 g/mol. The van der Waals surface area contributed by atoms with Crippen LogP contribution in [0.2, 0.25) is 0 Å². The Morgan fingerprint density at radius 2 is 1.65 bits per heavy atom. The smallest absolute Gasteiger partial charge is 0.322 e. The number of hydrogen-bond acceptors (Lipinski definition) is 8. The minimum atomic E-state index is -3.63. The van der Waals surface area contributed by atoms with E-state index in [9.17, 15) is 21.6 Å². The summed E-state index contributed by atoms with van der Waals surface area (Å²) in [5.74, 6) is -0.277. The molecular weight excluding hydrogens is 516 g/mol. The minimum absolute atomic E-state index is 0.0561. The summed E-state index contributed by atoms with van der Waals surface area (Å²) in [4.78, 5) is 13.0. The predicted molar refractivity (Wildman–Crippen MR) is 137 cm³/mol. The van der Waals surface area contributed by atoms with Gasteiger partial charge in [0.25, 0.3) is 5.91 Å². The molecule has 1 amide bonds. The van der Waals surface area contributed by atoms with Crippen LogP contribution in [0.5, 0.6) is 0 Å². The van der Waals surface area contributed by atoms with E-state index in [1.54, 1.807) is 38.1 Å². The Morgan fingerprint density at radius 3 is 2.27 bits per heavy atom. The highest BCUT2D eigenvalue weighted by molar-refractivity contribution is 7.92. The van der Waals surface area contributed by atoms with Crippen molar-refractivity contribution in [1.82, 2.24) is 14.5 Å². The molecule has 0 spiro atoms. The lowest BCUT2D eigenvalue weighted by molar-refractivity contribution is 0.102. The van der Waals surface area contributed by atoms with E-state index in [1.165, 1.54) is 28.6 Å². The number of carbonyl (C=O) groups is 1. The van der Waals surface area contributed by atoms with Crippen molar-refractivity contribution in [2.45, 2.75) is 67.5 Å². The molecule has 10 nitrogen and oxygen atoms in total. The van der Waals surface area contributed by atoms with Crippen molar-refractivity contribution in [1.29, 1.82) is 0 Å². The zero-order valence-corrected chi connectivity index (χ0v) is 22.5. The molecule has 2 heterocycles. The maximum atomic E-state index is 13.0. The van der Waals surface area contributed by atoms with Gasteiger partial charge in [0.05, 0.1) is 21.5 Å². The SMILES string of the molecule is CC1CCCCN1S(=O)(=O)c1ccc(C(=O)Nc2nnc(Cc3ccc(S(=O)(=O)C(C)C)cc3)o2)cc1. The van der Waals surface area contributed by atoms with Crippen molar-refractivity contribution in [2.24, 2.45) is 0 Å². The van der Waals surface area contributed by atoms with E-state index in [0.29, 0.717) is 6.54 Å². The summed E-state index contributed by atoms with van der Waals surface area (Å²) in [6.45, 7) is 5.66. The maximum absolute atomic E-state index is 13.0. The normalized spacial score (nSPS) is 17.1. The van der Waals surface area contributed by atoms with Crippen LogP contribution in [0.4, 0.5) is 6.01 Å². The van der Waals surface area contributed by atoms with Crippen LogP contribution < -0.4 is 5.32 Å². The Bertz CT molecular complexity index is 1460. The van der Waals surface area contributed by atoms with E-state index in [1.807, 2.05) is 6.92 Å². The molecule has 1 aliphatic rings. The zero-order valence-electron chi connectivity index (χ0n) is 20.9. The lowest BCUT2D eigenvalue weighted by atomic mass is 10.1.